The smallest absolute Gasteiger partial charge is 0.223 e. The Labute approximate surface area is 110 Å². The SMILES string of the molecule is CN(C)C(=NCCCNC(=O)C1CCC1)N(C)C. The predicted molar refractivity (Wildman–Crippen MR) is 74.6 cm³/mol. The zero-order valence-corrected chi connectivity index (χ0v) is 12.1. The van der Waals surface area contributed by atoms with Crippen LogP contribution in [0, 0.1) is 5.92 Å². The van der Waals surface area contributed by atoms with Crippen molar-refractivity contribution in [1.29, 1.82) is 0 Å². The van der Waals surface area contributed by atoms with Crippen molar-refractivity contribution in [3.63, 3.8) is 0 Å². The van der Waals surface area contributed by atoms with Crippen molar-refractivity contribution in [1.82, 2.24) is 15.1 Å². The third-order valence-corrected chi connectivity index (χ3v) is 3.16. The van der Waals surface area contributed by atoms with Crippen LogP contribution >= 0.6 is 0 Å². The lowest BCUT2D eigenvalue weighted by Crippen LogP contribution is -2.36. The number of rotatable bonds is 5. The van der Waals surface area contributed by atoms with Crippen molar-refractivity contribution >= 4 is 11.9 Å². The van der Waals surface area contributed by atoms with E-state index in [1.807, 2.05) is 38.0 Å². The monoisotopic (exact) mass is 254 g/mol. The van der Waals surface area contributed by atoms with Gasteiger partial charge in [0, 0.05) is 47.2 Å². The summed E-state index contributed by atoms with van der Waals surface area (Å²) in [7, 11) is 7.93. The molecule has 1 aliphatic carbocycles. The first-order valence-corrected chi connectivity index (χ1v) is 6.69. The van der Waals surface area contributed by atoms with E-state index in [9.17, 15) is 4.79 Å². The molecule has 0 saturated heterocycles. The summed E-state index contributed by atoms with van der Waals surface area (Å²) in [6.07, 6.45) is 4.23. The molecule has 0 aromatic heterocycles. The van der Waals surface area contributed by atoms with Gasteiger partial charge in [0.1, 0.15) is 0 Å². The van der Waals surface area contributed by atoms with Crippen molar-refractivity contribution in [2.24, 2.45) is 10.9 Å². The Morgan fingerprint density at radius 2 is 1.83 bits per heavy atom. The van der Waals surface area contributed by atoms with Gasteiger partial charge in [-0.05, 0) is 19.3 Å². The molecule has 104 valence electrons. The van der Waals surface area contributed by atoms with Gasteiger partial charge in [-0.15, -0.1) is 0 Å². The molecular weight excluding hydrogens is 228 g/mol. The molecule has 1 N–H and O–H groups in total. The molecule has 1 saturated carbocycles. The first-order valence-electron chi connectivity index (χ1n) is 6.69. The van der Waals surface area contributed by atoms with Crippen LogP contribution in [0.1, 0.15) is 25.7 Å². The van der Waals surface area contributed by atoms with E-state index < -0.39 is 0 Å². The number of aliphatic imine (C=N–C) groups is 1. The van der Waals surface area contributed by atoms with Gasteiger partial charge in [-0.25, -0.2) is 0 Å². The highest BCUT2D eigenvalue weighted by Gasteiger charge is 2.24. The second-order valence-electron chi connectivity index (χ2n) is 5.24. The standard InChI is InChI=1S/C13H26N4O/c1-16(2)13(17(3)4)15-10-6-9-14-12(18)11-7-5-8-11/h11H,5-10H2,1-4H3,(H,14,18). The minimum atomic E-state index is 0.227. The molecule has 1 amide bonds. The van der Waals surface area contributed by atoms with Crippen molar-refractivity contribution in [2.75, 3.05) is 41.3 Å². The van der Waals surface area contributed by atoms with Crippen molar-refractivity contribution in [3.8, 4) is 0 Å². The quantitative estimate of drug-likeness (QED) is 0.448. The highest BCUT2D eigenvalue weighted by Crippen LogP contribution is 2.25. The molecule has 1 rings (SSSR count). The lowest BCUT2D eigenvalue weighted by atomic mass is 9.85. The fourth-order valence-electron chi connectivity index (χ4n) is 1.97. The summed E-state index contributed by atoms with van der Waals surface area (Å²) < 4.78 is 0. The summed E-state index contributed by atoms with van der Waals surface area (Å²) in [5.74, 6) is 1.47. The van der Waals surface area contributed by atoms with E-state index in [0.717, 1.165) is 38.3 Å². The molecule has 0 bridgehead atoms. The van der Waals surface area contributed by atoms with E-state index >= 15 is 0 Å². The van der Waals surface area contributed by atoms with Crippen LogP contribution in [0.3, 0.4) is 0 Å². The normalized spacial score (nSPS) is 14.7. The predicted octanol–water partition coefficient (Wildman–Crippen LogP) is 0.772. The van der Waals surface area contributed by atoms with Gasteiger partial charge >= 0.3 is 0 Å². The van der Waals surface area contributed by atoms with Gasteiger partial charge in [-0.3, -0.25) is 9.79 Å². The number of nitrogens with zero attached hydrogens (tertiary/aromatic N) is 3. The van der Waals surface area contributed by atoms with Crippen LogP contribution in [0.2, 0.25) is 0 Å². The van der Waals surface area contributed by atoms with Crippen LogP contribution < -0.4 is 5.32 Å². The molecule has 0 heterocycles. The average molecular weight is 254 g/mol. The second kappa shape index (κ2) is 7.24. The van der Waals surface area contributed by atoms with E-state index in [1.54, 1.807) is 0 Å². The lowest BCUT2D eigenvalue weighted by Gasteiger charge is -2.24. The van der Waals surface area contributed by atoms with Crippen LogP contribution in [0.15, 0.2) is 4.99 Å². The summed E-state index contributed by atoms with van der Waals surface area (Å²) in [6, 6.07) is 0. The molecular formula is C13H26N4O. The summed E-state index contributed by atoms with van der Waals surface area (Å²) in [5.41, 5.74) is 0. The second-order valence-corrected chi connectivity index (χ2v) is 5.24. The maximum absolute atomic E-state index is 11.6. The van der Waals surface area contributed by atoms with Crippen molar-refractivity contribution in [3.05, 3.63) is 0 Å². The van der Waals surface area contributed by atoms with Gasteiger partial charge in [0.15, 0.2) is 5.96 Å². The van der Waals surface area contributed by atoms with E-state index in [-0.39, 0.29) is 11.8 Å². The Hall–Kier alpha value is -1.26. The average Bonchev–Trinajstić information content (AvgIpc) is 2.19. The van der Waals surface area contributed by atoms with Gasteiger partial charge in [0.05, 0.1) is 0 Å². The Morgan fingerprint density at radius 3 is 2.28 bits per heavy atom. The van der Waals surface area contributed by atoms with E-state index in [4.69, 9.17) is 0 Å². The number of nitrogens with one attached hydrogen (secondary N) is 1. The van der Waals surface area contributed by atoms with Gasteiger partial charge < -0.3 is 15.1 Å². The topological polar surface area (TPSA) is 47.9 Å². The third-order valence-electron chi connectivity index (χ3n) is 3.16. The molecule has 0 unspecified atom stereocenters. The fraction of sp³-hybridized carbons (Fsp3) is 0.846. The van der Waals surface area contributed by atoms with E-state index in [1.165, 1.54) is 6.42 Å². The summed E-state index contributed by atoms with van der Waals surface area (Å²) in [6.45, 7) is 1.48. The molecule has 0 radical (unpaired) electrons. The molecule has 18 heavy (non-hydrogen) atoms. The minimum absolute atomic E-state index is 0.227. The molecule has 5 nitrogen and oxygen atoms in total. The molecule has 0 aromatic rings. The first kappa shape index (κ1) is 14.8. The maximum atomic E-state index is 11.6. The largest absolute Gasteiger partial charge is 0.356 e. The highest BCUT2D eigenvalue weighted by molar-refractivity contribution is 5.79. The molecule has 0 aromatic carbocycles. The Balaban J connectivity index is 2.16. The van der Waals surface area contributed by atoms with Crippen molar-refractivity contribution < 1.29 is 4.79 Å². The summed E-state index contributed by atoms with van der Waals surface area (Å²) >= 11 is 0. The minimum Gasteiger partial charge on any atom is -0.356 e. The fourth-order valence-corrected chi connectivity index (χ4v) is 1.97. The third kappa shape index (κ3) is 4.55. The Morgan fingerprint density at radius 1 is 1.22 bits per heavy atom. The van der Waals surface area contributed by atoms with Gasteiger partial charge in [-0.2, -0.15) is 0 Å². The zero-order valence-electron chi connectivity index (χ0n) is 12.1. The summed E-state index contributed by atoms with van der Waals surface area (Å²) in [4.78, 5) is 20.1. The number of carbonyl (C=O) groups excluding carboxylic acids is 1. The first-order chi connectivity index (χ1) is 8.52. The highest BCUT2D eigenvalue weighted by atomic mass is 16.1. The van der Waals surface area contributed by atoms with Crippen LogP contribution in [0.4, 0.5) is 0 Å². The van der Waals surface area contributed by atoms with Crippen molar-refractivity contribution in [2.45, 2.75) is 25.7 Å². The van der Waals surface area contributed by atoms with Crippen LogP contribution in [-0.2, 0) is 4.79 Å². The molecule has 5 heteroatoms. The number of hydrogen-bond donors (Lipinski definition) is 1. The molecule has 0 atom stereocenters. The zero-order chi connectivity index (χ0) is 13.5. The van der Waals surface area contributed by atoms with Crippen LogP contribution in [0.5, 0.6) is 0 Å². The lowest BCUT2D eigenvalue weighted by molar-refractivity contribution is -0.127. The number of hydrogen-bond acceptors (Lipinski definition) is 2. The Bertz CT molecular complexity index is 285. The van der Waals surface area contributed by atoms with Gasteiger partial charge in [-0.1, -0.05) is 6.42 Å². The molecule has 1 fully saturated rings. The Kier molecular flexibility index (Phi) is 5.95. The number of guanidine groups is 1. The van der Waals surface area contributed by atoms with Gasteiger partial charge in [0.2, 0.25) is 5.91 Å². The van der Waals surface area contributed by atoms with Crippen LogP contribution in [-0.4, -0.2) is 62.9 Å². The maximum Gasteiger partial charge on any atom is 0.223 e. The molecule has 0 spiro atoms. The number of amides is 1. The van der Waals surface area contributed by atoms with Crippen LogP contribution in [0.25, 0.3) is 0 Å². The molecule has 1 aliphatic rings. The van der Waals surface area contributed by atoms with E-state index in [2.05, 4.69) is 10.3 Å². The number of carbonyl (C=O) groups is 1. The van der Waals surface area contributed by atoms with E-state index in [0.29, 0.717) is 0 Å². The molecule has 0 aliphatic heterocycles. The van der Waals surface area contributed by atoms with Gasteiger partial charge in [0.25, 0.3) is 0 Å². The summed E-state index contributed by atoms with van der Waals surface area (Å²) in [5, 5.41) is 2.98.